The van der Waals surface area contributed by atoms with E-state index in [4.69, 9.17) is 10.5 Å². The second-order valence-electron chi connectivity index (χ2n) is 4.19. The van der Waals surface area contributed by atoms with Gasteiger partial charge in [-0.25, -0.2) is 0 Å². The monoisotopic (exact) mass is 254 g/mol. The van der Waals surface area contributed by atoms with Gasteiger partial charge in [-0.15, -0.1) is 0 Å². The Morgan fingerprint density at radius 1 is 1.39 bits per heavy atom. The number of nitrogens with two attached hydrogens (primary N) is 1. The molecule has 1 rings (SSSR count). The Kier molecular flexibility index (Phi) is 4.30. The van der Waals surface area contributed by atoms with Gasteiger partial charge in [0.2, 0.25) is 0 Å². The lowest BCUT2D eigenvalue weighted by Crippen LogP contribution is -2.28. The van der Waals surface area contributed by atoms with Crippen molar-refractivity contribution in [3.63, 3.8) is 0 Å². The molecule has 0 atom stereocenters. The molecule has 1 aromatic rings. The largest absolute Gasteiger partial charge is 0.454 e. The average molecular weight is 254 g/mol. The number of aryl methyl sites for hydroxylation is 1. The quantitative estimate of drug-likeness (QED) is 0.746. The first-order valence-corrected chi connectivity index (χ1v) is 5.48. The van der Waals surface area contributed by atoms with Crippen LogP contribution in [-0.4, -0.2) is 47.3 Å². The Morgan fingerprint density at radius 2 is 2.00 bits per heavy atom. The molecule has 0 spiro atoms. The molecule has 1 aromatic heterocycles. The summed E-state index contributed by atoms with van der Waals surface area (Å²) in [6.07, 6.45) is 0. The van der Waals surface area contributed by atoms with Gasteiger partial charge >= 0.3 is 5.97 Å². The first kappa shape index (κ1) is 14.0. The predicted octanol–water partition coefficient (Wildman–Crippen LogP) is -0.286. The molecule has 0 bridgehead atoms. The van der Waals surface area contributed by atoms with Gasteiger partial charge in [-0.3, -0.25) is 14.3 Å². The second kappa shape index (κ2) is 5.52. The third-order valence-electron chi connectivity index (χ3n) is 2.57. The summed E-state index contributed by atoms with van der Waals surface area (Å²) in [4.78, 5) is 24.1. The van der Waals surface area contributed by atoms with Crippen LogP contribution < -0.4 is 5.73 Å². The predicted molar refractivity (Wildman–Crippen MR) is 65.8 cm³/mol. The fourth-order valence-electron chi connectivity index (χ4n) is 1.30. The van der Waals surface area contributed by atoms with Crippen molar-refractivity contribution in [1.82, 2.24) is 14.7 Å². The molecule has 0 unspecified atom stereocenters. The van der Waals surface area contributed by atoms with Crippen LogP contribution in [0.4, 0.5) is 5.69 Å². The summed E-state index contributed by atoms with van der Waals surface area (Å²) >= 11 is 0. The van der Waals surface area contributed by atoms with E-state index >= 15 is 0 Å². The molecule has 1 amide bonds. The third-order valence-corrected chi connectivity index (χ3v) is 2.57. The summed E-state index contributed by atoms with van der Waals surface area (Å²) in [5, 5.41) is 4.11. The maximum Gasteiger partial charge on any atom is 0.328 e. The van der Waals surface area contributed by atoms with E-state index in [0.717, 1.165) is 0 Å². The summed E-state index contributed by atoms with van der Waals surface area (Å²) < 4.78 is 6.31. The van der Waals surface area contributed by atoms with Gasteiger partial charge in [0.25, 0.3) is 5.91 Å². The lowest BCUT2D eigenvalue weighted by molar-refractivity contribution is -0.151. The molecular formula is C11H18N4O3. The highest BCUT2D eigenvalue weighted by Gasteiger charge is 2.13. The first-order valence-electron chi connectivity index (χ1n) is 5.48. The normalized spacial score (nSPS) is 10.2. The van der Waals surface area contributed by atoms with Gasteiger partial charge in [0.1, 0.15) is 6.54 Å². The summed E-state index contributed by atoms with van der Waals surface area (Å²) in [5.41, 5.74) is 7.69. The van der Waals surface area contributed by atoms with Crippen LogP contribution in [0.2, 0.25) is 0 Å². The minimum Gasteiger partial charge on any atom is -0.454 e. The van der Waals surface area contributed by atoms with Crippen molar-refractivity contribution in [2.24, 2.45) is 0 Å². The molecule has 0 aliphatic heterocycles. The van der Waals surface area contributed by atoms with Gasteiger partial charge < -0.3 is 15.4 Å². The molecule has 0 radical (unpaired) electrons. The van der Waals surface area contributed by atoms with Gasteiger partial charge in [0.15, 0.2) is 6.61 Å². The van der Waals surface area contributed by atoms with Crippen LogP contribution >= 0.6 is 0 Å². The van der Waals surface area contributed by atoms with Crippen molar-refractivity contribution < 1.29 is 14.3 Å². The van der Waals surface area contributed by atoms with Crippen LogP contribution in [0.1, 0.15) is 11.4 Å². The number of esters is 1. The van der Waals surface area contributed by atoms with Crippen LogP contribution in [0.15, 0.2) is 0 Å². The van der Waals surface area contributed by atoms with E-state index in [1.807, 2.05) is 0 Å². The van der Waals surface area contributed by atoms with Crippen molar-refractivity contribution in [2.75, 3.05) is 26.4 Å². The van der Waals surface area contributed by atoms with E-state index in [0.29, 0.717) is 17.1 Å². The number of carbonyl (C=O) groups excluding carboxylic acids is 2. The molecule has 2 N–H and O–H groups in total. The van der Waals surface area contributed by atoms with Crippen LogP contribution in [0.3, 0.4) is 0 Å². The lowest BCUT2D eigenvalue weighted by Gasteiger charge is -2.10. The number of aromatic nitrogens is 2. The van der Waals surface area contributed by atoms with Crippen molar-refractivity contribution in [2.45, 2.75) is 20.4 Å². The Morgan fingerprint density at radius 3 is 2.44 bits per heavy atom. The molecule has 0 fully saturated rings. The maximum absolute atomic E-state index is 11.5. The fraction of sp³-hybridized carbons (Fsp3) is 0.545. The zero-order chi connectivity index (χ0) is 13.9. The Labute approximate surface area is 105 Å². The fourth-order valence-corrected chi connectivity index (χ4v) is 1.30. The topological polar surface area (TPSA) is 90.5 Å². The highest BCUT2D eigenvalue weighted by molar-refractivity contribution is 5.80. The maximum atomic E-state index is 11.5. The van der Waals surface area contributed by atoms with E-state index in [9.17, 15) is 9.59 Å². The number of carbonyl (C=O) groups is 2. The number of hydrogen-bond acceptors (Lipinski definition) is 5. The molecule has 0 saturated heterocycles. The van der Waals surface area contributed by atoms with Crippen molar-refractivity contribution >= 4 is 17.6 Å². The summed E-state index contributed by atoms with van der Waals surface area (Å²) in [6.45, 7) is 3.22. The van der Waals surface area contributed by atoms with Gasteiger partial charge in [-0.2, -0.15) is 5.10 Å². The molecule has 7 nitrogen and oxygen atoms in total. The molecule has 7 heteroatoms. The van der Waals surface area contributed by atoms with Crippen molar-refractivity contribution in [1.29, 1.82) is 0 Å². The van der Waals surface area contributed by atoms with Gasteiger partial charge in [0.05, 0.1) is 17.1 Å². The van der Waals surface area contributed by atoms with Gasteiger partial charge in [0, 0.05) is 14.1 Å². The minimum absolute atomic E-state index is 0.0510. The number of nitrogen functional groups attached to an aromatic ring is 1. The molecule has 1 heterocycles. The number of rotatable bonds is 4. The summed E-state index contributed by atoms with van der Waals surface area (Å²) in [6, 6.07) is 0. The van der Waals surface area contributed by atoms with Crippen LogP contribution in [0.25, 0.3) is 0 Å². The molecular weight excluding hydrogens is 236 g/mol. The van der Waals surface area contributed by atoms with Gasteiger partial charge in [-0.1, -0.05) is 0 Å². The van der Waals surface area contributed by atoms with Crippen LogP contribution in [0.5, 0.6) is 0 Å². The zero-order valence-electron chi connectivity index (χ0n) is 11.1. The van der Waals surface area contributed by atoms with E-state index in [-0.39, 0.29) is 19.1 Å². The number of hydrogen-bond donors (Lipinski definition) is 1. The van der Waals surface area contributed by atoms with Crippen LogP contribution in [0, 0.1) is 13.8 Å². The summed E-state index contributed by atoms with van der Waals surface area (Å²) in [5.74, 6) is -0.785. The van der Waals surface area contributed by atoms with Crippen molar-refractivity contribution in [3.05, 3.63) is 11.4 Å². The Bertz CT molecular complexity index is 465. The third kappa shape index (κ3) is 3.22. The van der Waals surface area contributed by atoms with Crippen LogP contribution in [-0.2, 0) is 20.9 Å². The lowest BCUT2D eigenvalue weighted by atomic mass is 10.3. The number of nitrogens with zero attached hydrogens (tertiary/aromatic N) is 3. The molecule has 0 aromatic carbocycles. The van der Waals surface area contributed by atoms with E-state index in [2.05, 4.69) is 5.10 Å². The number of ether oxygens (including phenoxy) is 1. The van der Waals surface area contributed by atoms with E-state index in [1.165, 1.54) is 9.58 Å². The zero-order valence-corrected chi connectivity index (χ0v) is 11.1. The average Bonchev–Trinajstić information content (AvgIpc) is 2.54. The number of anilines is 1. The molecule has 0 saturated carbocycles. The van der Waals surface area contributed by atoms with Crippen molar-refractivity contribution in [3.8, 4) is 0 Å². The standard InChI is InChI=1S/C11H18N4O3/c1-7-11(12)8(2)15(13-7)5-10(17)18-6-9(16)14(3)4/h5-6,12H2,1-4H3. The first-order chi connectivity index (χ1) is 8.32. The van der Waals surface area contributed by atoms with Gasteiger partial charge in [-0.05, 0) is 13.8 Å². The Balaban J connectivity index is 2.55. The molecule has 100 valence electrons. The highest BCUT2D eigenvalue weighted by Crippen LogP contribution is 2.14. The summed E-state index contributed by atoms with van der Waals surface area (Å²) in [7, 11) is 3.19. The molecule has 18 heavy (non-hydrogen) atoms. The minimum atomic E-state index is -0.518. The Hall–Kier alpha value is -2.05. The number of likely N-dealkylation sites (N-methyl/N-ethyl adjacent to an activating group) is 1. The van der Waals surface area contributed by atoms with E-state index in [1.54, 1.807) is 27.9 Å². The molecule has 0 aliphatic carbocycles. The SMILES string of the molecule is Cc1nn(CC(=O)OCC(=O)N(C)C)c(C)c1N. The highest BCUT2D eigenvalue weighted by atomic mass is 16.5. The molecule has 0 aliphatic rings. The van der Waals surface area contributed by atoms with E-state index < -0.39 is 5.97 Å². The number of amides is 1. The second-order valence-corrected chi connectivity index (χ2v) is 4.19. The smallest absolute Gasteiger partial charge is 0.328 e.